The Morgan fingerprint density at radius 2 is 2.00 bits per heavy atom. The SMILES string of the molecule is CSc1cccc(NC(=O)CCc2nc(-c3ccccc3)no2)c1. The normalized spacial score (nSPS) is 10.5. The molecule has 0 aliphatic carbocycles. The predicted octanol–water partition coefficient (Wildman–Crippen LogP) is 4.03. The van der Waals surface area contributed by atoms with Gasteiger partial charge in [-0.3, -0.25) is 4.79 Å². The second-order valence-electron chi connectivity index (χ2n) is 5.16. The van der Waals surface area contributed by atoms with Gasteiger partial charge in [-0.25, -0.2) is 0 Å². The first-order valence-electron chi connectivity index (χ1n) is 7.56. The van der Waals surface area contributed by atoms with E-state index in [1.807, 2.05) is 60.9 Å². The van der Waals surface area contributed by atoms with Crippen molar-refractivity contribution in [3.05, 3.63) is 60.5 Å². The summed E-state index contributed by atoms with van der Waals surface area (Å²) >= 11 is 1.64. The fraction of sp³-hybridized carbons (Fsp3) is 0.167. The number of hydrogen-bond donors (Lipinski definition) is 1. The number of rotatable bonds is 6. The van der Waals surface area contributed by atoms with E-state index in [1.165, 1.54) is 0 Å². The van der Waals surface area contributed by atoms with Crippen molar-refractivity contribution in [2.45, 2.75) is 17.7 Å². The number of carbonyl (C=O) groups is 1. The van der Waals surface area contributed by atoms with Crippen LogP contribution in [0.3, 0.4) is 0 Å². The highest BCUT2D eigenvalue weighted by atomic mass is 32.2. The summed E-state index contributed by atoms with van der Waals surface area (Å²) in [4.78, 5) is 17.5. The maximum atomic E-state index is 12.1. The summed E-state index contributed by atoms with van der Waals surface area (Å²) in [6.07, 6.45) is 2.70. The Labute approximate surface area is 144 Å². The van der Waals surface area contributed by atoms with Crippen LogP contribution in [0.4, 0.5) is 5.69 Å². The molecule has 6 heteroatoms. The largest absolute Gasteiger partial charge is 0.339 e. The van der Waals surface area contributed by atoms with E-state index in [2.05, 4.69) is 15.5 Å². The Bertz CT molecular complexity index is 818. The molecule has 2 aromatic carbocycles. The van der Waals surface area contributed by atoms with Gasteiger partial charge < -0.3 is 9.84 Å². The van der Waals surface area contributed by atoms with Gasteiger partial charge >= 0.3 is 0 Å². The first kappa shape index (κ1) is 16.3. The molecule has 0 saturated carbocycles. The van der Waals surface area contributed by atoms with Crippen LogP contribution in [0.15, 0.2) is 64.0 Å². The molecule has 5 nitrogen and oxygen atoms in total. The van der Waals surface area contributed by atoms with Crippen LogP contribution in [-0.4, -0.2) is 22.3 Å². The van der Waals surface area contributed by atoms with E-state index < -0.39 is 0 Å². The highest BCUT2D eigenvalue weighted by molar-refractivity contribution is 7.98. The molecule has 122 valence electrons. The van der Waals surface area contributed by atoms with Gasteiger partial charge in [0.05, 0.1) is 0 Å². The first-order valence-corrected chi connectivity index (χ1v) is 8.79. The molecule has 0 bridgehead atoms. The molecule has 3 rings (SSSR count). The number of amides is 1. The molecule has 0 atom stereocenters. The fourth-order valence-electron chi connectivity index (χ4n) is 2.21. The first-order chi connectivity index (χ1) is 11.7. The van der Waals surface area contributed by atoms with Crippen LogP contribution in [0.25, 0.3) is 11.4 Å². The summed E-state index contributed by atoms with van der Waals surface area (Å²) in [6, 6.07) is 17.3. The van der Waals surface area contributed by atoms with Crippen molar-refractivity contribution in [2.75, 3.05) is 11.6 Å². The van der Waals surface area contributed by atoms with E-state index in [-0.39, 0.29) is 5.91 Å². The average Bonchev–Trinajstić information content (AvgIpc) is 3.10. The standard InChI is InChI=1S/C18H17N3O2S/c1-24-15-9-5-8-14(12-15)19-16(22)10-11-17-20-18(21-23-17)13-6-3-2-4-7-13/h2-9,12H,10-11H2,1H3,(H,19,22). The van der Waals surface area contributed by atoms with Gasteiger partial charge in [-0.1, -0.05) is 41.6 Å². The molecule has 1 heterocycles. The summed E-state index contributed by atoms with van der Waals surface area (Å²) in [5.41, 5.74) is 1.69. The van der Waals surface area contributed by atoms with Gasteiger partial charge in [0.1, 0.15) is 0 Å². The maximum absolute atomic E-state index is 12.1. The third-order valence-corrected chi connectivity index (χ3v) is 4.14. The van der Waals surface area contributed by atoms with E-state index in [9.17, 15) is 4.79 Å². The van der Waals surface area contributed by atoms with E-state index in [4.69, 9.17) is 4.52 Å². The minimum absolute atomic E-state index is 0.0762. The summed E-state index contributed by atoms with van der Waals surface area (Å²) in [5, 5.41) is 6.83. The smallest absolute Gasteiger partial charge is 0.227 e. The lowest BCUT2D eigenvalue weighted by Crippen LogP contribution is -2.12. The Kier molecular flexibility index (Phi) is 5.28. The average molecular weight is 339 g/mol. The van der Waals surface area contributed by atoms with Crippen molar-refractivity contribution in [2.24, 2.45) is 0 Å². The van der Waals surface area contributed by atoms with Crippen LogP contribution in [0, 0.1) is 0 Å². The van der Waals surface area contributed by atoms with Crippen LogP contribution in [0.2, 0.25) is 0 Å². The van der Waals surface area contributed by atoms with E-state index in [0.29, 0.717) is 24.6 Å². The Morgan fingerprint density at radius 3 is 2.79 bits per heavy atom. The molecule has 0 radical (unpaired) electrons. The summed E-state index contributed by atoms with van der Waals surface area (Å²) in [5.74, 6) is 0.924. The van der Waals surface area contributed by atoms with Gasteiger partial charge in [0, 0.05) is 29.0 Å². The lowest BCUT2D eigenvalue weighted by molar-refractivity contribution is -0.116. The van der Waals surface area contributed by atoms with Crippen molar-refractivity contribution in [1.29, 1.82) is 0 Å². The van der Waals surface area contributed by atoms with Crippen molar-refractivity contribution in [1.82, 2.24) is 10.1 Å². The molecule has 24 heavy (non-hydrogen) atoms. The molecule has 1 aromatic heterocycles. The monoisotopic (exact) mass is 339 g/mol. The molecular weight excluding hydrogens is 322 g/mol. The Morgan fingerprint density at radius 1 is 1.17 bits per heavy atom. The zero-order valence-corrected chi connectivity index (χ0v) is 14.0. The topological polar surface area (TPSA) is 68.0 Å². The number of aryl methyl sites for hydroxylation is 1. The van der Waals surface area contributed by atoms with Crippen LogP contribution < -0.4 is 5.32 Å². The number of aromatic nitrogens is 2. The maximum Gasteiger partial charge on any atom is 0.227 e. The van der Waals surface area contributed by atoms with Crippen molar-refractivity contribution in [3.8, 4) is 11.4 Å². The molecule has 3 aromatic rings. The van der Waals surface area contributed by atoms with Gasteiger partial charge in [0.15, 0.2) is 0 Å². The minimum atomic E-state index is -0.0762. The third-order valence-electron chi connectivity index (χ3n) is 3.42. The Hall–Kier alpha value is -2.60. The molecular formula is C18H17N3O2S. The second kappa shape index (κ2) is 7.79. The second-order valence-corrected chi connectivity index (χ2v) is 6.04. The van der Waals surface area contributed by atoms with E-state index in [0.717, 1.165) is 16.1 Å². The predicted molar refractivity (Wildman–Crippen MR) is 94.9 cm³/mol. The molecule has 1 N–H and O–H groups in total. The van der Waals surface area contributed by atoms with Crippen LogP contribution in [0.1, 0.15) is 12.3 Å². The fourth-order valence-corrected chi connectivity index (χ4v) is 2.67. The van der Waals surface area contributed by atoms with Crippen molar-refractivity contribution >= 4 is 23.4 Å². The molecule has 0 spiro atoms. The number of hydrogen-bond acceptors (Lipinski definition) is 5. The van der Waals surface area contributed by atoms with Crippen LogP contribution in [-0.2, 0) is 11.2 Å². The van der Waals surface area contributed by atoms with Gasteiger partial charge in [0.2, 0.25) is 17.6 Å². The van der Waals surface area contributed by atoms with Gasteiger partial charge in [0.25, 0.3) is 0 Å². The molecule has 0 fully saturated rings. The number of nitrogens with zero attached hydrogens (tertiary/aromatic N) is 2. The molecule has 0 aliphatic heterocycles. The van der Waals surface area contributed by atoms with Gasteiger partial charge in [-0.05, 0) is 24.5 Å². The van der Waals surface area contributed by atoms with E-state index >= 15 is 0 Å². The molecule has 0 unspecified atom stereocenters. The van der Waals surface area contributed by atoms with Crippen LogP contribution in [0.5, 0.6) is 0 Å². The number of benzene rings is 2. The minimum Gasteiger partial charge on any atom is -0.339 e. The zero-order chi connectivity index (χ0) is 16.8. The summed E-state index contributed by atoms with van der Waals surface area (Å²) in [6.45, 7) is 0. The number of carbonyl (C=O) groups excluding carboxylic acids is 1. The summed E-state index contributed by atoms with van der Waals surface area (Å²) in [7, 11) is 0. The lowest BCUT2D eigenvalue weighted by atomic mass is 10.2. The van der Waals surface area contributed by atoms with Gasteiger partial charge in [-0.15, -0.1) is 11.8 Å². The number of anilines is 1. The van der Waals surface area contributed by atoms with Crippen molar-refractivity contribution in [3.63, 3.8) is 0 Å². The molecule has 0 aliphatic rings. The highest BCUT2D eigenvalue weighted by Gasteiger charge is 2.10. The van der Waals surface area contributed by atoms with E-state index in [1.54, 1.807) is 11.8 Å². The summed E-state index contributed by atoms with van der Waals surface area (Å²) < 4.78 is 5.21. The molecule has 1 amide bonds. The van der Waals surface area contributed by atoms with Gasteiger partial charge in [-0.2, -0.15) is 4.98 Å². The quantitative estimate of drug-likeness (QED) is 0.687. The highest BCUT2D eigenvalue weighted by Crippen LogP contribution is 2.19. The lowest BCUT2D eigenvalue weighted by Gasteiger charge is -2.05. The van der Waals surface area contributed by atoms with Crippen molar-refractivity contribution < 1.29 is 9.32 Å². The number of thioether (sulfide) groups is 1. The van der Waals surface area contributed by atoms with Crippen LogP contribution >= 0.6 is 11.8 Å². The number of nitrogens with one attached hydrogen (secondary N) is 1. The zero-order valence-electron chi connectivity index (χ0n) is 13.2. The third kappa shape index (κ3) is 4.23. The molecule has 0 saturated heterocycles. The Balaban J connectivity index is 1.56.